The minimum Gasteiger partial charge on any atom is -0.466 e. The molecule has 0 N–H and O–H groups in total. The molecule has 0 atom stereocenters. The Labute approximate surface area is 176 Å². The fourth-order valence-corrected chi connectivity index (χ4v) is 3.45. The molecule has 1 aliphatic heterocycles. The van der Waals surface area contributed by atoms with Crippen molar-refractivity contribution in [3.05, 3.63) is 65.5 Å². The second-order valence-corrected chi connectivity index (χ2v) is 7.26. The van der Waals surface area contributed by atoms with Crippen LogP contribution in [0.2, 0.25) is 0 Å². The maximum atomic E-state index is 13.1. The van der Waals surface area contributed by atoms with Gasteiger partial charge in [0.25, 0.3) is 5.91 Å². The minimum atomic E-state index is -0.327. The Bertz CT molecular complexity index is 868. The van der Waals surface area contributed by atoms with Crippen molar-refractivity contribution in [1.29, 1.82) is 0 Å². The van der Waals surface area contributed by atoms with Crippen molar-refractivity contribution >= 4 is 17.8 Å². The Balaban J connectivity index is 1.68. The summed E-state index contributed by atoms with van der Waals surface area (Å²) in [7, 11) is 0. The van der Waals surface area contributed by atoms with Crippen molar-refractivity contribution in [3.8, 4) is 0 Å². The molecular formula is C23H27N3O4. The molecule has 1 fully saturated rings. The first-order valence-electron chi connectivity index (χ1n) is 10.3. The maximum absolute atomic E-state index is 13.1. The van der Waals surface area contributed by atoms with Gasteiger partial charge in [-0.1, -0.05) is 18.2 Å². The van der Waals surface area contributed by atoms with Crippen molar-refractivity contribution in [2.24, 2.45) is 0 Å². The van der Waals surface area contributed by atoms with E-state index in [2.05, 4.69) is 4.98 Å². The van der Waals surface area contributed by atoms with Crippen molar-refractivity contribution in [2.75, 3.05) is 19.7 Å². The number of benzene rings is 1. The van der Waals surface area contributed by atoms with Gasteiger partial charge in [-0.25, -0.2) is 0 Å². The lowest BCUT2D eigenvalue weighted by Crippen LogP contribution is -2.33. The molecule has 7 heteroatoms. The minimum absolute atomic E-state index is 0.134. The number of esters is 1. The lowest BCUT2D eigenvalue weighted by atomic mass is 10.1. The topological polar surface area (TPSA) is 79.8 Å². The third-order valence-corrected chi connectivity index (χ3v) is 5.02. The summed E-state index contributed by atoms with van der Waals surface area (Å²) in [5.41, 5.74) is 2.42. The van der Waals surface area contributed by atoms with Crippen LogP contribution in [0.3, 0.4) is 0 Å². The molecule has 30 heavy (non-hydrogen) atoms. The summed E-state index contributed by atoms with van der Waals surface area (Å²) in [4.78, 5) is 44.3. The van der Waals surface area contributed by atoms with Crippen LogP contribution in [0.25, 0.3) is 0 Å². The third kappa shape index (κ3) is 5.89. The molecule has 0 saturated carbocycles. The third-order valence-electron chi connectivity index (χ3n) is 5.02. The number of ether oxygens (including phenoxy) is 1. The Morgan fingerprint density at radius 2 is 1.97 bits per heavy atom. The van der Waals surface area contributed by atoms with Crippen molar-refractivity contribution in [1.82, 2.24) is 14.8 Å². The highest BCUT2D eigenvalue weighted by atomic mass is 16.5. The van der Waals surface area contributed by atoms with Gasteiger partial charge in [-0.15, -0.1) is 0 Å². The predicted molar refractivity (Wildman–Crippen MR) is 111 cm³/mol. The van der Waals surface area contributed by atoms with E-state index in [1.165, 1.54) is 0 Å². The highest BCUT2D eigenvalue weighted by Crippen LogP contribution is 2.16. The van der Waals surface area contributed by atoms with E-state index in [4.69, 9.17) is 4.74 Å². The number of amides is 2. The molecule has 3 rings (SSSR count). The summed E-state index contributed by atoms with van der Waals surface area (Å²) in [5.74, 6) is -0.309. The van der Waals surface area contributed by atoms with E-state index in [1.807, 2.05) is 29.2 Å². The Hall–Kier alpha value is -3.22. The molecule has 0 bridgehead atoms. The molecule has 1 saturated heterocycles. The Morgan fingerprint density at radius 3 is 2.60 bits per heavy atom. The van der Waals surface area contributed by atoms with Crippen LogP contribution in [0.4, 0.5) is 0 Å². The number of carbonyl (C=O) groups is 3. The second-order valence-electron chi connectivity index (χ2n) is 7.26. The molecule has 0 aliphatic carbocycles. The number of pyridine rings is 1. The number of hydrogen-bond donors (Lipinski definition) is 0. The first-order valence-corrected chi connectivity index (χ1v) is 10.3. The second kappa shape index (κ2) is 10.5. The molecule has 2 heterocycles. The first-order chi connectivity index (χ1) is 14.6. The SMILES string of the molecule is CCOC(=O)CCN(Cc1cccnc1)C(=O)c1ccc(CN2CCCC2=O)cc1. The summed E-state index contributed by atoms with van der Waals surface area (Å²) < 4.78 is 4.99. The van der Waals surface area contributed by atoms with Crippen LogP contribution in [0.5, 0.6) is 0 Å². The lowest BCUT2D eigenvalue weighted by Gasteiger charge is -2.23. The zero-order valence-corrected chi connectivity index (χ0v) is 17.3. The van der Waals surface area contributed by atoms with Gasteiger partial charge in [0, 0.05) is 50.6 Å². The van der Waals surface area contributed by atoms with Crippen molar-refractivity contribution < 1.29 is 19.1 Å². The van der Waals surface area contributed by atoms with E-state index in [0.717, 1.165) is 24.1 Å². The van der Waals surface area contributed by atoms with Crippen molar-refractivity contribution in [2.45, 2.75) is 39.3 Å². The Kier molecular flexibility index (Phi) is 7.54. The van der Waals surface area contributed by atoms with Crippen LogP contribution in [-0.2, 0) is 27.4 Å². The van der Waals surface area contributed by atoms with Crippen LogP contribution in [-0.4, -0.2) is 52.3 Å². The fraction of sp³-hybridized carbons (Fsp3) is 0.391. The monoisotopic (exact) mass is 409 g/mol. The molecule has 0 spiro atoms. The molecule has 2 amide bonds. The number of aromatic nitrogens is 1. The van der Waals surface area contributed by atoms with Gasteiger partial charge in [-0.2, -0.15) is 0 Å². The lowest BCUT2D eigenvalue weighted by molar-refractivity contribution is -0.143. The van der Waals surface area contributed by atoms with Gasteiger partial charge < -0.3 is 14.5 Å². The molecule has 0 unspecified atom stereocenters. The van der Waals surface area contributed by atoms with Gasteiger partial charge in [0.05, 0.1) is 13.0 Å². The number of carbonyl (C=O) groups excluding carboxylic acids is 3. The standard InChI is InChI=1S/C23H27N3O4/c1-2-30-22(28)11-14-26(17-19-5-3-12-24-15-19)23(29)20-9-7-18(8-10-20)16-25-13-4-6-21(25)27/h3,5,7-10,12,15H,2,4,6,11,13-14,16-17H2,1H3. The van der Waals surface area contributed by atoms with E-state index < -0.39 is 0 Å². The molecule has 2 aromatic rings. The van der Waals surface area contributed by atoms with Gasteiger partial charge in [-0.05, 0) is 42.7 Å². The molecule has 1 aliphatic rings. The molecular weight excluding hydrogens is 382 g/mol. The maximum Gasteiger partial charge on any atom is 0.307 e. The van der Waals surface area contributed by atoms with E-state index in [9.17, 15) is 14.4 Å². The molecule has 1 aromatic carbocycles. The quantitative estimate of drug-likeness (QED) is 0.595. The van der Waals surface area contributed by atoms with Crippen LogP contribution in [0.1, 0.15) is 47.7 Å². The van der Waals surface area contributed by atoms with E-state index in [-0.39, 0.29) is 30.7 Å². The number of likely N-dealkylation sites (tertiary alicyclic amines) is 1. The molecule has 1 aromatic heterocycles. The number of rotatable bonds is 9. The van der Waals surface area contributed by atoms with Crippen LogP contribution < -0.4 is 0 Å². The summed E-state index contributed by atoms with van der Waals surface area (Å²) in [5, 5.41) is 0. The zero-order valence-electron chi connectivity index (χ0n) is 17.3. The zero-order chi connectivity index (χ0) is 21.3. The van der Waals surface area contributed by atoms with E-state index >= 15 is 0 Å². The summed E-state index contributed by atoms with van der Waals surface area (Å²) in [6.45, 7) is 4.04. The van der Waals surface area contributed by atoms with Gasteiger partial charge >= 0.3 is 5.97 Å². The van der Waals surface area contributed by atoms with Crippen LogP contribution >= 0.6 is 0 Å². The van der Waals surface area contributed by atoms with Gasteiger partial charge in [0.15, 0.2) is 0 Å². The highest BCUT2D eigenvalue weighted by Gasteiger charge is 2.21. The fourth-order valence-electron chi connectivity index (χ4n) is 3.45. The summed E-state index contributed by atoms with van der Waals surface area (Å²) >= 11 is 0. The van der Waals surface area contributed by atoms with Gasteiger partial charge in [0.1, 0.15) is 0 Å². The molecule has 158 valence electrons. The van der Waals surface area contributed by atoms with Crippen molar-refractivity contribution in [3.63, 3.8) is 0 Å². The van der Waals surface area contributed by atoms with Gasteiger partial charge in [0.2, 0.25) is 5.91 Å². The molecule has 7 nitrogen and oxygen atoms in total. The molecule has 0 radical (unpaired) electrons. The Morgan fingerprint density at radius 1 is 1.17 bits per heavy atom. The highest BCUT2D eigenvalue weighted by molar-refractivity contribution is 5.94. The van der Waals surface area contributed by atoms with E-state index in [1.54, 1.807) is 36.4 Å². The number of nitrogens with zero attached hydrogens (tertiary/aromatic N) is 3. The predicted octanol–water partition coefficient (Wildman–Crippen LogP) is 2.80. The number of hydrogen-bond acceptors (Lipinski definition) is 5. The first kappa shape index (κ1) is 21.5. The average Bonchev–Trinajstić information content (AvgIpc) is 3.16. The van der Waals surface area contributed by atoms with E-state index in [0.29, 0.717) is 31.7 Å². The largest absolute Gasteiger partial charge is 0.466 e. The smallest absolute Gasteiger partial charge is 0.307 e. The van der Waals surface area contributed by atoms with Crippen LogP contribution in [0.15, 0.2) is 48.8 Å². The summed E-state index contributed by atoms with van der Waals surface area (Å²) in [6.07, 6.45) is 5.04. The summed E-state index contributed by atoms with van der Waals surface area (Å²) in [6, 6.07) is 11.0. The van der Waals surface area contributed by atoms with Crippen LogP contribution in [0, 0.1) is 0 Å². The normalized spacial score (nSPS) is 13.4. The average molecular weight is 409 g/mol. The van der Waals surface area contributed by atoms with Gasteiger partial charge in [-0.3, -0.25) is 19.4 Å².